The second kappa shape index (κ2) is 6.81. The summed E-state index contributed by atoms with van der Waals surface area (Å²) in [7, 11) is 0. The Labute approximate surface area is 160 Å². The zero-order valence-corrected chi connectivity index (χ0v) is 15.1. The monoisotopic (exact) mass is 375 g/mol. The van der Waals surface area contributed by atoms with Crippen LogP contribution < -0.4 is 10.7 Å². The Balaban J connectivity index is 1.79. The molecule has 0 bridgehead atoms. The largest absolute Gasteiger partial charge is 0.474 e. The zero-order chi connectivity index (χ0) is 19.8. The molecule has 140 valence electrons. The molecule has 0 atom stereocenters. The van der Waals surface area contributed by atoms with Gasteiger partial charge < -0.3 is 14.8 Å². The van der Waals surface area contributed by atoms with Gasteiger partial charge in [0.15, 0.2) is 5.43 Å². The van der Waals surface area contributed by atoms with Crippen LogP contribution in [0, 0.1) is 6.92 Å². The van der Waals surface area contributed by atoms with Crippen molar-refractivity contribution in [3.8, 4) is 0 Å². The summed E-state index contributed by atoms with van der Waals surface area (Å²) in [5.41, 5.74) is 4.29. The molecule has 6 nitrogen and oxygen atoms in total. The number of carboxylic acid groups (broad SMARTS) is 1. The lowest BCUT2D eigenvalue weighted by molar-refractivity contribution is -0.147. The van der Waals surface area contributed by atoms with Gasteiger partial charge in [0.1, 0.15) is 11.3 Å². The summed E-state index contributed by atoms with van der Waals surface area (Å²) in [4.78, 5) is 35.0. The summed E-state index contributed by atoms with van der Waals surface area (Å²) in [5.74, 6) is -2.15. The van der Waals surface area contributed by atoms with Crippen LogP contribution >= 0.6 is 0 Å². The van der Waals surface area contributed by atoms with Crippen LogP contribution in [0.2, 0.25) is 0 Å². The molecule has 1 aromatic heterocycles. The van der Waals surface area contributed by atoms with E-state index in [2.05, 4.69) is 11.4 Å². The molecule has 0 spiro atoms. The maximum atomic E-state index is 12.9. The molecule has 2 aromatic carbocycles. The lowest BCUT2D eigenvalue weighted by atomic mass is 10.0. The number of hydrogen-bond acceptors (Lipinski definition) is 4. The second-order valence-electron chi connectivity index (χ2n) is 6.74. The van der Waals surface area contributed by atoms with E-state index in [1.165, 1.54) is 12.1 Å². The van der Waals surface area contributed by atoms with E-state index in [0.29, 0.717) is 35.1 Å². The third kappa shape index (κ3) is 3.09. The highest BCUT2D eigenvalue weighted by atomic mass is 16.4. The molecule has 28 heavy (non-hydrogen) atoms. The molecule has 0 radical (unpaired) electrons. The molecule has 1 aliphatic carbocycles. The fourth-order valence-electron chi connectivity index (χ4n) is 3.43. The van der Waals surface area contributed by atoms with Gasteiger partial charge >= 0.3 is 11.9 Å². The van der Waals surface area contributed by atoms with Gasteiger partial charge in [0, 0.05) is 11.3 Å². The summed E-state index contributed by atoms with van der Waals surface area (Å²) >= 11 is 0. The van der Waals surface area contributed by atoms with Crippen molar-refractivity contribution < 1.29 is 19.1 Å². The number of carbonyl (C=O) groups is 2. The molecular weight excluding hydrogens is 358 g/mol. The number of hydrogen-bond donors (Lipinski definition) is 2. The standard InChI is InChI=1S/C22H17NO5/c1-12-4-2-3-5-13(12)10-14-6-8-16-19(24)17-11-15(23-21(25)22(26)27)7-9-18(17)28-20(14)16/h2-5,7,9-11H,6,8H2,1H3,(H,23,25)(H,26,27). The predicted octanol–water partition coefficient (Wildman–Crippen LogP) is 3.61. The Bertz CT molecular complexity index is 1220. The molecule has 1 amide bonds. The minimum Gasteiger partial charge on any atom is -0.474 e. The minimum atomic E-state index is -1.59. The summed E-state index contributed by atoms with van der Waals surface area (Å²) in [6.07, 6.45) is 3.34. The number of amides is 1. The first-order chi connectivity index (χ1) is 13.4. The average molecular weight is 375 g/mol. The number of nitrogens with one attached hydrogen (secondary N) is 1. The molecule has 6 heteroatoms. The van der Waals surface area contributed by atoms with Crippen LogP contribution in [-0.4, -0.2) is 17.0 Å². The third-order valence-electron chi connectivity index (χ3n) is 4.89. The number of benzene rings is 2. The van der Waals surface area contributed by atoms with Gasteiger partial charge in [0.2, 0.25) is 0 Å². The van der Waals surface area contributed by atoms with E-state index in [1.807, 2.05) is 31.2 Å². The van der Waals surface area contributed by atoms with E-state index in [4.69, 9.17) is 9.52 Å². The molecule has 4 rings (SSSR count). The molecule has 2 N–H and O–H groups in total. The molecule has 0 saturated carbocycles. The Morgan fingerprint density at radius 3 is 2.68 bits per heavy atom. The first-order valence-electron chi connectivity index (χ1n) is 8.84. The van der Waals surface area contributed by atoms with Crippen LogP contribution in [-0.2, 0) is 16.0 Å². The van der Waals surface area contributed by atoms with Crippen LogP contribution in [0.4, 0.5) is 5.69 Å². The second-order valence-corrected chi connectivity index (χ2v) is 6.74. The fourth-order valence-corrected chi connectivity index (χ4v) is 3.43. The van der Waals surface area contributed by atoms with Gasteiger partial charge in [-0.25, -0.2) is 4.79 Å². The van der Waals surface area contributed by atoms with Crippen molar-refractivity contribution in [2.45, 2.75) is 19.8 Å². The summed E-state index contributed by atoms with van der Waals surface area (Å²) in [6.45, 7) is 2.03. The number of carbonyl (C=O) groups excluding carboxylic acids is 1. The Morgan fingerprint density at radius 1 is 1.14 bits per heavy atom. The SMILES string of the molecule is Cc1ccccc1C=C1CCc2c1oc1ccc(NC(=O)C(=O)O)cc1c2=O. The number of allylic oxidation sites excluding steroid dienone is 1. The van der Waals surface area contributed by atoms with Gasteiger partial charge in [-0.05, 0) is 60.7 Å². The van der Waals surface area contributed by atoms with Crippen molar-refractivity contribution in [3.63, 3.8) is 0 Å². The van der Waals surface area contributed by atoms with Crippen LogP contribution in [0.3, 0.4) is 0 Å². The van der Waals surface area contributed by atoms with Gasteiger partial charge in [-0.15, -0.1) is 0 Å². The van der Waals surface area contributed by atoms with E-state index in [0.717, 1.165) is 16.7 Å². The lowest BCUT2D eigenvalue weighted by Crippen LogP contribution is -2.21. The first-order valence-corrected chi connectivity index (χ1v) is 8.84. The fraction of sp³-hybridized carbons (Fsp3) is 0.136. The van der Waals surface area contributed by atoms with Crippen LogP contribution in [0.15, 0.2) is 51.7 Å². The smallest absolute Gasteiger partial charge is 0.394 e. The Hall–Kier alpha value is -3.67. The van der Waals surface area contributed by atoms with Crippen molar-refractivity contribution >= 4 is 40.2 Å². The van der Waals surface area contributed by atoms with Crippen LogP contribution in [0.25, 0.3) is 22.6 Å². The number of anilines is 1. The molecule has 0 unspecified atom stereocenters. The zero-order valence-electron chi connectivity index (χ0n) is 15.1. The lowest BCUT2D eigenvalue weighted by Gasteiger charge is -2.07. The normalized spacial score (nSPS) is 14.2. The van der Waals surface area contributed by atoms with Crippen molar-refractivity contribution in [1.82, 2.24) is 0 Å². The predicted molar refractivity (Wildman–Crippen MR) is 106 cm³/mol. The van der Waals surface area contributed by atoms with E-state index in [9.17, 15) is 14.4 Å². The van der Waals surface area contributed by atoms with Gasteiger partial charge in [0.05, 0.1) is 5.39 Å². The van der Waals surface area contributed by atoms with Crippen LogP contribution in [0.1, 0.15) is 28.9 Å². The highest BCUT2D eigenvalue weighted by molar-refractivity contribution is 6.36. The average Bonchev–Trinajstić information content (AvgIpc) is 3.07. The molecule has 1 heterocycles. The summed E-state index contributed by atoms with van der Waals surface area (Å²) in [5, 5.41) is 11.3. The van der Waals surface area contributed by atoms with E-state index in [-0.39, 0.29) is 11.1 Å². The van der Waals surface area contributed by atoms with E-state index in [1.54, 1.807) is 6.07 Å². The highest BCUT2D eigenvalue weighted by Gasteiger charge is 2.24. The van der Waals surface area contributed by atoms with Crippen LogP contribution in [0.5, 0.6) is 0 Å². The van der Waals surface area contributed by atoms with Gasteiger partial charge in [-0.1, -0.05) is 24.3 Å². The molecule has 1 aliphatic rings. The number of fused-ring (bicyclic) bond motifs is 2. The maximum absolute atomic E-state index is 12.9. The summed E-state index contributed by atoms with van der Waals surface area (Å²) in [6, 6.07) is 12.5. The first kappa shape index (κ1) is 17.7. The van der Waals surface area contributed by atoms with E-state index < -0.39 is 11.9 Å². The Kier molecular flexibility index (Phi) is 4.31. The van der Waals surface area contributed by atoms with Crippen molar-refractivity contribution in [2.24, 2.45) is 0 Å². The van der Waals surface area contributed by atoms with Crippen molar-refractivity contribution in [1.29, 1.82) is 0 Å². The topological polar surface area (TPSA) is 96.6 Å². The Morgan fingerprint density at radius 2 is 1.93 bits per heavy atom. The number of aryl methyl sites for hydroxylation is 1. The number of aliphatic carboxylic acids is 1. The third-order valence-corrected chi connectivity index (χ3v) is 4.89. The van der Waals surface area contributed by atoms with E-state index >= 15 is 0 Å². The summed E-state index contributed by atoms with van der Waals surface area (Å²) < 4.78 is 6.02. The number of rotatable bonds is 2. The molecular formula is C22H17NO5. The van der Waals surface area contributed by atoms with Gasteiger partial charge in [-0.2, -0.15) is 0 Å². The highest BCUT2D eigenvalue weighted by Crippen LogP contribution is 2.34. The molecule has 0 aliphatic heterocycles. The van der Waals surface area contributed by atoms with Gasteiger partial charge in [-0.3, -0.25) is 9.59 Å². The van der Waals surface area contributed by atoms with Gasteiger partial charge in [0.25, 0.3) is 0 Å². The molecule has 0 fully saturated rings. The quantitative estimate of drug-likeness (QED) is 0.667. The van der Waals surface area contributed by atoms with Crippen molar-refractivity contribution in [2.75, 3.05) is 5.32 Å². The van der Waals surface area contributed by atoms with Crippen molar-refractivity contribution in [3.05, 3.63) is 75.1 Å². The molecule has 0 saturated heterocycles. The number of carboxylic acids is 1. The maximum Gasteiger partial charge on any atom is 0.394 e. The minimum absolute atomic E-state index is 0.157. The molecule has 3 aromatic rings.